The number of carbonyl (C=O) groups is 2. The molecule has 1 saturated carbocycles. The van der Waals surface area contributed by atoms with Gasteiger partial charge in [0.25, 0.3) is 11.8 Å². The van der Waals surface area contributed by atoms with Gasteiger partial charge >= 0.3 is 0 Å². The molecule has 4 fully saturated rings. The Morgan fingerprint density at radius 1 is 0.870 bits per heavy atom. The summed E-state index contributed by atoms with van der Waals surface area (Å²) >= 11 is 0. The van der Waals surface area contributed by atoms with Crippen LogP contribution in [-0.2, 0) is 5.41 Å². The van der Waals surface area contributed by atoms with Gasteiger partial charge in [-0.05, 0) is 106 Å². The molecule has 0 radical (unpaired) electrons. The van der Waals surface area contributed by atoms with E-state index in [-0.39, 0.29) is 29.0 Å². The Morgan fingerprint density at radius 3 is 2.33 bits per heavy atom. The van der Waals surface area contributed by atoms with E-state index in [1.165, 1.54) is 36.8 Å². The molecular formula is C38H44N6O2. The van der Waals surface area contributed by atoms with Crippen molar-refractivity contribution in [1.29, 1.82) is 0 Å². The molecule has 3 saturated heterocycles. The standard InChI is InChI=1S/C38H44N6O2/c1-26-40-33-11-5-6-12-34(33)44(26)31-24-29-15-16-30(25-31)43(29)23-19-38(27-8-3-2-4-9-27)17-21-42(22-18-38)37(46)35-32(10-7-20-39-35)36(45)41-28-13-14-28/h2-12,20,28-31H,13-19,21-25H2,1H3,(H,41,45). The van der Waals surface area contributed by atoms with Crippen LogP contribution in [-0.4, -0.2) is 73.9 Å². The number of nitrogens with zero attached hydrogens (tertiary/aromatic N) is 5. The van der Waals surface area contributed by atoms with Crippen molar-refractivity contribution in [2.24, 2.45) is 0 Å². The molecule has 1 aliphatic carbocycles. The van der Waals surface area contributed by atoms with E-state index in [9.17, 15) is 9.59 Å². The first-order valence-electron chi connectivity index (χ1n) is 17.3. The number of imidazole rings is 1. The molecule has 8 nitrogen and oxygen atoms in total. The molecule has 8 heteroatoms. The van der Waals surface area contributed by atoms with Crippen molar-refractivity contribution in [2.45, 2.75) is 94.3 Å². The van der Waals surface area contributed by atoms with Gasteiger partial charge in [0.05, 0.1) is 16.6 Å². The summed E-state index contributed by atoms with van der Waals surface area (Å²) in [6.07, 6.45) is 11.4. The minimum absolute atomic E-state index is 0.0156. The highest BCUT2D eigenvalue weighted by molar-refractivity contribution is 6.06. The third-order valence-corrected chi connectivity index (χ3v) is 11.4. The molecule has 2 aromatic heterocycles. The van der Waals surface area contributed by atoms with Crippen LogP contribution in [0.3, 0.4) is 0 Å². The summed E-state index contributed by atoms with van der Waals surface area (Å²) in [7, 11) is 0. The third kappa shape index (κ3) is 5.40. The number of likely N-dealkylation sites (tertiary alicyclic amines) is 1. The summed E-state index contributed by atoms with van der Waals surface area (Å²) in [4.78, 5) is 40.7. The van der Waals surface area contributed by atoms with Gasteiger partial charge in [0.2, 0.25) is 0 Å². The van der Waals surface area contributed by atoms with Crippen molar-refractivity contribution in [3.8, 4) is 0 Å². The van der Waals surface area contributed by atoms with Crippen LogP contribution in [0.4, 0.5) is 0 Å². The fraction of sp³-hybridized carbons (Fsp3) is 0.474. The fourth-order valence-corrected chi connectivity index (χ4v) is 8.80. The van der Waals surface area contributed by atoms with E-state index >= 15 is 0 Å². The number of pyridine rings is 1. The van der Waals surface area contributed by atoms with Crippen LogP contribution >= 0.6 is 0 Å². The Labute approximate surface area is 271 Å². The van der Waals surface area contributed by atoms with E-state index in [0.717, 1.165) is 50.0 Å². The number of rotatable bonds is 8. The van der Waals surface area contributed by atoms with Crippen molar-refractivity contribution in [1.82, 2.24) is 29.7 Å². The molecule has 4 aliphatic rings. The number of aryl methyl sites for hydroxylation is 1. The van der Waals surface area contributed by atoms with Gasteiger partial charge in [-0.2, -0.15) is 0 Å². The lowest BCUT2D eigenvalue weighted by Crippen LogP contribution is -2.49. The molecule has 4 aromatic rings. The first-order valence-corrected chi connectivity index (χ1v) is 17.3. The molecule has 3 aliphatic heterocycles. The number of hydrogen-bond donors (Lipinski definition) is 1. The zero-order chi connectivity index (χ0) is 31.3. The highest BCUT2D eigenvalue weighted by atomic mass is 16.2. The van der Waals surface area contributed by atoms with Crippen molar-refractivity contribution in [2.75, 3.05) is 19.6 Å². The maximum Gasteiger partial charge on any atom is 0.273 e. The first-order chi connectivity index (χ1) is 22.5. The smallest absolute Gasteiger partial charge is 0.273 e. The normalized spacial score (nSPS) is 24.3. The zero-order valence-corrected chi connectivity index (χ0v) is 26.8. The molecule has 2 aromatic carbocycles. The minimum Gasteiger partial charge on any atom is -0.349 e. The quantitative estimate of drug-likeness (QED) is 0.260. The van der Waals surface area contributed by atoms with Crippen LogP contribution < -0.4 is 5.32 Å². The van der Waals surface area contributed by atoms with Gasteiger partial charge in [-0.25, -0.2) is 4.98 Å². The van der Waals surface area contributed by atoms with Gasteiger partial charge in [-0.1, -0.05) is 42.5 Å². The third-order valence-electron chi connectivity index (χ3n) is 11.4. The Kier molecular flexibility index (Phi) is 7.63. The summed E-state index contributed by atoms with van der Waals surface area (Å²) in [6.45, 7) is 4.57. The van der Waals surface area contributed by atoms with Crippen LogP contribution in [0.15, 0.2) is 72.9 Å². The number of hydrogen-bond acceptors (Lipinski definition) is 5. The Balaban J connectivity index is 0.969. The van der Waals surface area contributed by atoms with Gasteiger partial charge in [0, 0.05) is 43.5 Å². The van der Waals surface area contributed by atoms with Crippen molar-refractivity contribution in [3.05, 3.63) is 95.6 Å². The lowest BCUT2D eigenvalue weighted by molar-refractivity contribution is 0.0598. The summed E-state index contributed by atoms with van der Waals surface area (Å²) in [5.41, 5.74) is 4.42. The van der Waals surface area contributed by atoms with E-state index in [1.807, 2.05) is 4.90 Å². The summed E-state index contributed by atoms with van der Waals surface area (Å²) < 4.78 is 2.51. The summed E-state index contributed by atoms with van der Waals surface area (Å²) in [5.74, 6) is 0.805. The van der Waals surface area contributed by atoms with Crippen LogP contribution in [0.5, 0.6) is 0 Å². The lowest BCUT2D eigenvalue weighted by atomic mass is 9.70. The number of carbonyl (C=O) groups excluding carboxylic acids is 2. The second-order valence-corrected chi connectivity index (χ2v) is 14.1. The molecule has 5 heterocycles. The highest BCUT2D eigenvalue weighted by Crippen LogP contribution is 2.45. The van der Waals surface area contributed by atoms with Crippen LogP contribution in [0, 0.1) is 6.92 Å². The molecule has 46 heavy (non-hydrogen) atoms. The van der Waals surface area contributed by atoms with Crippen molar-refractivity contribution >= 4 is 22.8 Å². The van der Waals surface area contributed by atoms with E-state index in [1.54, 1.807) is 18.3 Å². The summed E-state index contributed by atoms with van der Waals surface area (Å²) in [6, 6.07) is 24.9. The summed E-state index contributed by atoms with van der Waals surface area (Å²) in [5, 5.41) is 3.03. The SMILES string of the molecule is Cc1nc2ccccc2n1C1CC2CCC(C1)N2CCC1(c2ccccc2)CCN(C(=O)c2ncccc2C(=O)NC2CC2)CC1. The van der Waals surface area contributed by atoms with Gasteiger partial charge in [-0.3, -0.25) is 19.5 Å². The largest absolute Gasteiger partial charge is 0.349 e. The Bertz CT molecular complexity index is 1720. The zero-order valence-electron chi connectivity index (χ0n) is 26.8. The van der Waals surface area contributed by atoms with Crippen LogP contribution in [0.25, 0.3) is 11.0 Å². The maximum absolute atomic E-state index is 13.8. The van der Waals surface area contributed by atoms with Gasteiger partial charge in [-0.15, -0.1) is 0 Å². The monoisotopic (exact) mass is 616 g/mol. The molecule has 2 unspecified atom stereocenters. The average molecular weight is 617 g/mol. The molecule has 0 spiro atoms. The number of aromatic nitrogens is 3. The number of fused-ring (bicyclic) bond motifs is 3. The minimum atomic E-state index is -0.190. The Hall–Kier alpha value is -4.04. The molecule has 1 N–H and O–H groups in total. The number of benzene rings is 2. The number of para-hydroxylation sites is 2. The van der Waals surface area contributed by atoms with E-state index < -0.39 is 0 Å². The second kappa shape index (κ2) is 12.0. The first kappa shape index (κ1) is 29.4. The predicted molar refractivity (Wildman–Crippen MR) is 179 cm³/mol. The second-order valence-electron chi connectivity index (χ2n) is 14.1. The van der Waals surface area contributed by atoms with E-state index in [0.29, 0.717) is 36.8 Å². The van der Waals surface area contributed by atoms with Gasteiger partial charge in [0.1, 0.15) is 11.5 Å². The number of piperidine rings is 2. The Morgan fingerprint density at radius 2 is 1.59 bits per heavy atom. The lowest BCUT2D eigenvalue weighted by Gasteiger charge is -2.45. The van der Waals surface area contributed by atoms with Crippen molar-refractivity contribution < 1.29 is 9.59 Å². The molecule has 8 rings (SSSR count). The van der Waals surface area contributed by atoms with E-state index in [4.69, 9.17) is 4.98 Å². The van der Waals surface area contributed by atoms with Crippen LogP contribution in [0.2, 0.25) is 0 Å². The molecule has 2 bridgehead atoms. The maximum atomic E-state index is 13.8. The predicted octanol–water partition coefficient (Wildman–Crippen LogP) is 6.06. The molecule has 2 amide bonds. The average Bonchev–Trinajstić information content (AvgIpc) is 3.79. The number of nitrogens with one attached hydrogen (secondary N) is 1. The van der Waals surface area contributed by atoms with Crippen molar-refractivity contribution in [3.63, 3.8) is 0 Å². The fourth-order valence-electron chi connectivity index (χ4n) is 8.80. The molecular weight excluding hydrogens is 572 g/mol. The topological polar surface area (TPSA) is 83.4 Å². The van der Waals surface area contributed by atoms with E-state index in [2.05, 4.69) is 81.3 Å². The van der Waals surface area contributed by atoms with Gasteiger partial charge in [0.15, 0.2) is 0 Å². The number of amides is 2. The van der Waals surface area contributed by atoms with Crippen LogP contribution in [0.1, 0.15) is 96.1 Å². The highest BCUT2D eigenvalue weighted by Gasteiger charge is 2.44. The molecule has 238 valence electrons. The molecule has 2 atom stereocenters. The van der Waals surface area contributed by atoms with Gasteiger partial charge < -0.3 is 14.8 Å².